The van der Waals surface area contributed by atoms with Crippen LogP contribution in [0.3, 0.4) is 0 Å². The molecule has 2 aromatic carbocycles. The number of H-pyrrole nitrogens is 1. The van der Waals surface area contributed by atoms with E-state index in [1.54, 1.807) is 6.21 Å². The van der Waals surface area contributed by atoms with Crippen LogP contribution in [0.15, 0.2) is 47.6 Å². The van der Waals surface area contributed by atoms with Gasteiger partial charge in [-0.3, -0.25) is 9.89 Å². The third-order valence-electron chi connectivity index (χ3n) is 4.10. The molecular weight excluding hydrogens is 300 g/mol. The van der Waals surface area contributed by atoms with E-state index in [9.17, 15) is 4.79 Å². The fourth-order valence-corrected chi connectivity index (χ4v) is 2.77. The molecule has 0 fully saturated rings. The van der Waals surface area contributed by atoms with Crippen LogP contribution in [0.4, 0.5) is 0 Å². The smallest absolute Gasteiger partial charge is 0.240 e. The number of nitrogens with one attached hydrogen (secondary N) is 2. The molecule has 5 heteroatoms. The van der Waals surface area contributed by atoms with E-state index in [-0.39, 0.29) is 5.91 Å². The number of aromatic amines is 1. The maximum Gasteiger partial charge on any atom is 0.240 e. The van der Waals surface area contributed by atoms with Crippen LogP contribution in [-0.4, -0.2) is 22.3 Å². The molecule has 0 aliphatic heterocycles. The molecule has 1 amide bonds. The quantitative estimate of drug-likeness (QED) is 0.559. The summed E-state index contributed by atoms with van der Waals surface area (Å²) in [5.41, 5.74) is 6.64. The lowest BCUT2D eigenvalue weighted by molar-refractivity contribution is -0.121. The number of carbonyl (C=O) groups is 1. The Bertz CT molecular complexity index is 871. The second-order valence-electron chi connectivity index (χ2n) is 5.77. The maximum absolute atomic E-state index is 12.0. The van der Waals surface area contributed by atoms with Gasteiger partial charge in [0, 0.05) is 17.7 Å². The molecule has 122 valence electrons. The second-order valence-corrected chi connectivity index (χ2v) is 5.77. The van der Waals surface area contributed by atoms with Crippen LogP contribution in [0.5, 0.6) is 0 Å². The van der Waals surface area contributed by atoms with E-state index in [1.165, 1.54) is 0 Å². The average Bonchev–Trinajstić information content (AvgIpc) is 2.91. The van der Waals surface area contributed by atoms with Gasteiger partial charge < -0.3 is 0 Å². The summed E-state index contributed by atoms with van der Waals surface area (Å²) in [6.45, 7) is 3.90. The predicted octanol–water partition coefficient (Wildman–Crippen LogP) is 3.26. The molecule has 0 bridgehead atoms. The van der Waals surface area contributed by atoms with Crippen molar-refractivity contribution in [3.63, 3.8) is 0 Å². The topological polar surface area (TPSA) is 70.1 Å². The van der Waals surface area contributed by atoms with Gasteiger partial charge >= 0.3 is 0 Å². The minimum Gasteiger partial charge on any atom is -0.282 e. The van der Waals surface area contributed by atoms with Crippen LogP contribution in [0.2, 0.25) is 0 Å². The Labute approximate surface area is 140 Å². The van der Waals surface area contributed by atoms with Crippen LogP contribution in [0.1, 0.15) is 28.9 Å². The molecule has 3 rings (SSSR count). The molecule has 0 unspecified atom stereocenters. The number of benzene rings is 2. The van der Waals surface area contributed by atoms with Gasteiger partial charge in [-0.25, -0.2) is 5.43 Å². The molecule has 0 saturated heterocycles. The van der Waals surface area contributed by atoms with E-state index >= 15 is 0 Å². The summed E-state index contributed by atoms with van der Waals surface area (Å²) in [6, 6.07) is 14.1. The Morgan fingerprint density at radius 1 is 1.21 bits per heavy atom. The van der Waals surface area contributed by atoms with Gasteiger partial charge in [-0.05, 0) is 36.6 Å². The lowest BCUT2D eigenvalue weighted by Crippen LogP contribution is -2.18. The SMILES string of the molecule is Cc1n[nH]c(C)c1CCC(=O)NN=Cc1cccc2ccccc12. The molecule has 0 saturated carbocycles. The van der Waals surface area contributed by atoms with E-state index in [4.69, 9.17) is 0 Å². The van der Waals surface area contributed by atoms with Gasteiger partial charge in [0.05, 0.1) is 11.9 Å². The van der Waals surface area contributed by atoms with Crippen molar-refractivity contribution in [1.29, 1.82) is 0 Å². The number of carbonyl (C=O) groups excluding carboxylic acids is 1. The average molecular weight is 320 g/mol. The maximum atomic E-state index is 12.0. The molecule has 5 nitrogen and oxygen atoms in total. The Hall–Kier alpha value is -2.95. The van der Waals surface area contributed by atoms with Crippen molar-refractivity contribution in [2.24, 2.45) is 5.10 Å². The monoisotopic (exact) mass is 320 g/mol. The van der Waals surface area contributed by atoms with Gasteiger partial charge in [0.2, 0.25) is 5.91 Å². The van der Waals surface area contributed by atoms with Crippen molar-refractivity contribution < 1.29 is 4.79 Å². The number of hydrogen-bond acceptors (Lipinski definition) is 3. The lowest BCUT2D eigenvalue weighted by Gasteiger charge is -2.03. The first-order valence-corrected chi connectivity index (χ1v) is 7.95. The number of aryl methyl sites for hydroxylation is 2. The molecule has 0 aliphatic carbocycles. The summed E-state index contributed by atoms with van der Waals surface area (Å²) in [6.07, 6.45) is 2.73. The molecule has 0 radical (unpaired) electrons. The van der Waals surface area contributed by atoms with E-state index in [2.05, 4.69) is 32.9 Å². The van der Waals surface area contributed by atoms with Crippen molar-refractivity contribution in [1.82, 2.24) is 15.6 Å². The van der Waals surface area contributed by atoms with Crippen molar-refractivity contribution in [3.8, 4) is 0 Å². The fourth-order valence-electron chi connectivity index (χ4n) is 2.77. The standard InChI is InChI=1S/C19H20N4O/c1-13-17(14(2)22-21-13)10-11-19(24)23-20-12-16-8-5-7-15-6-3-4-9-18(15)16/h3-9,12H,10-11H2,1-2H3,(H,21,22)(H,23,24). The molecule has 3 aromatic rings. The number of hydrazone groups is 1. The molecule has 0 spiro atoms. The van der Waals surface area contributed by atoms with Gasteiger partial charge in [-0.15, -0.1) is 0 Å². The zero-order valence-electron chi connectivity index (χ0n) is 13.8. The van der Waals surface area contributed by atoms with Gasteiger partial charge in [0.1, 0.15) is 0 Å². The molecular formula is C19H20N4O. The minimum atomic E-state index is -0.105. The predicted molar refractivity (Wildman–Crippen MR) is 96.1 cm³/mol. The first-order chi connectivity index (χ1) is 11.6. The van der Waals surface area contributed by atoms with Crippen molar-refractivity contribution in [3.05, 3.63) is 65.0 Å². The highest BCUT2D eigenvalue weighted by molar-refractivity contribution is 5.99. The zero-order chi connectivity index (χ0) is 16.9. The highest BCUT2D eigenvalue weighted by Gasteiger charge is 2.08. The highest BCUT2D eigenvalue weighted by Crippen LogP contribution is 2.16. The third-order valence-corrected chi connectivity index (χ3v) is 4.10. The van der Waals surface area contributed by atoms with E-state index in [0.29, 0.717) is 12.8 Å². The number of hydrogen-bond donors (Lipinski definition) is 2. The fraction of sp³-hybridized carbons (Fsp3) is 0.211. The minimum absolute atomic E-state index is 0.105. The number of rotatable bonds is 5. The molecule has 0 atom stereocenters. The normalized spacial score (nSPS) is 11.2. The summed E-state index contributed by atoms with van der Waals surface area (Å²) in [5, 5.41) is 13.4. The van der Waals surface area contributed by atoms with Crippen molar-refractivity contribution in [2.75, 3.05) is 0 Å². The number of amides is 1. The van der Waals surface area contributed by atoms with Crippen LogP contribution in [-0.2, 0) is 11.2 Å². The molecule has 24 heavy (non-hydrogen) atoms. The summed E-state index contributed by atoms with van der Waals surface area (Å²) in [5.74, 6) is -0.105. The Balaban J connectivity index is 1.60. The summed E-state index contributed by atoms with van der Waals surface area (Å²) in [7, 11) is 0. The van der Waals surface area contributed by atoms with Crippen LogP contribution in [0.25, 0.3) is 10.8 Å². The summed E-state index contributed by atoms with van der Waals surface area (Å²) in [4.78, 5) is 12.0. The number of aromatic nitrogens is 2. The van der Waals surface area contributed by atoms with Gasteiger partial charge in [-0.1, -0.05) is 42.5 Å². The first-order valence-electron chi connectivity index (χ1n) is 7.95. The molecule has 0 aliphatic rings. The molecule has 2 N–H and O–H groups in total. The largest absolute Gasteiger partial charge is 0.282 e. The number of fused-ring (bicyclic) bond motifs is 1. The molecule has 1 heterocycles. The summed E-state index contributed by atoms with van der Waals surface area (Å²) >= 11 is 0. The van der Waals surface area contributed by atoms with Gasteiger partial charge in [0.15, 0.2) is 0 Å². The van der Waals surface area contributed by atoms with Crippen molar-refractivity contribution in [2.45, 2.75) is 26.7 Å². The lowest BCUT2D eigenvalue weighted by atomic mass is 10.1. The third kappa shape index (κ3) is 3.51. The van der Waals surface area contributed by atoms with Crippen LogP contribution < -0.4 is 5.43 Å². The first kappa shape index (κ1) is 15.9. The highest BCUT2D eigenvalue weighted by atomic mass is 16.2. The van der Waals surface area contributed by atoms with E-state index in [0.717, 1.165) is 33.3 Å². The second kappa shape index (κ2) is 7.08. The van der Waals surface area contributed by atoms with Gasteiger partial charge in [0.25, 0.3) is 0 Å². The van der Waals surface area contributed by atoms with Crippen LogP contribution in [0, 0.1) is 13.8 Å². The van der Waals surface area contributed by atoms with Crippen molar-refractivity contribution >= 4 is 22.9 Å². The Morgan fingerprint density at radius 3 is 2.79 bits per heavy atom. The molecule has 1 aromatic heterocycles. The van der Waals surface area contributed by atoms with Gasteiger partial charge in [-0.2, -0.15) is 10.2 Å². The van der Waals surface area contributed by atoms with Crippen LogP contribution >= 0.6 is 0 Å². The number of nitrogens with zero attached hydrogens (tertiary/aromatic N) is 2. The van der Waals surface area contributed by atoms with E-state index in [1.807, 2.05) is 44.2 Å². The Kier molecular flexibility index (Phi) is 4.70. The Morgan fingerprint density at radius 2 is 2.00 bits per heavy atom. The van der Waals surface area contributed by atoms with E-state index < -0.39 is 0 Å². The zero-order valence-corrected chi connectivity index (χ0v) is 13.8. The summed E-state index contributed by atoms with van der Waals surface area (Å²) < 4.78 is 0.